The normalized spacial score (nSPS) is 23.5. The van der Waals surface area contributed by atoms with E-state index < -0.39 is 55.4 Å². The second-order valence-electron chi connectivity index (χ2n) is 8.40. The summed E-state index contributed by atoms with van der Waals surface area (Å²) in [5, 5.41) is 16.5. The zero-order valence-corrected chi connectivity index (χ0v) is 18.5. The van der Waals surface area contributed by atoms with Crippen LogP contribution in [0.4, 0.5) is 26.3 Å². The van der Waals surface area contributed by atoms with Crippen LogP contribution in [0, 0.1) is 0 Å². The van der Waals surface area contributed by atoms with E-state index in [9.17, 15) is 39.9 Å². The van der Waals surface area contributed by atoms with Crippen LogP contribution in [-0.2, 0) is 29.2 Å². The van der Waals surface area contributed by atoms with Crippen molar-refractivity contribution in [1.82, 2.24) is 15.1 Å². The van der Waals surface area contributed by atoms with Crippen molar-refractivity contribution in [1.29, 1.82) is 0 Å². The Hall–Kier alpha value is -2.12. The van der Waals surface area contributed by atoms with Gasteiger partial charge in [0.2, 0.25) is 0 Å². The second kappa shape index (κ2) is 8.58. The molecule has 6 nitrogen and oxygen atoms in total. The topological polar surface area (TPSA) is 84.2 Å². The summed E-state index contributed by atoms with van der Waals surface area (Å²) in [5.41, 5.74) is -2.31. The lowest BCUT2D eigenvalue weighted by Gasteiger charge is -2.37. The summed E-state index contributed by atoms with van der Waals surface area (Å²) in [6.07, 6.45) is -10.1. The van der Waals surface area contributed by atoms with Gasteiger partial charge in [-0.25, -0.2) is 8.42 Å². The van der Waals surface area contributed by atoms with Gasteiger partial charge in [-0.15, -0.1) is 0 Å². The van der Waals surface area contributed by atoms with Crippen LogP contribution in [0.2, 0.25) is 0 Å². The minimum Gasteiger partial charge on any atom is -0.373 e. The van der Waals surface area contributed by atoms with E-state index in [1.807, 2.05) is 0 Å². The van der Waals surface area contributed by atoms with Gasteiger partial charge < -0.3 is 5.11 Å². The predicted molar refractivity (Wildman–Crippen MR) is 106 cm³/mol. The molecule has 1 unspecified atom stereocenters. The second-order valence-corrected chi connectivity index (χ2v) is 10.9. The van der Waals surface area contributed by atoms with Crippen LogP contribution < -0.4 is 5.32 Å². The number of aliphatic hydroxyl groups is 1. The van der Waals surface area contributed by atoms with Crippen LogP contribution in [-0.4, -0.2) is 34.1 Å². The molecular formula is C20H23F6N3O3S. The molecule has 1 aliphatic carbocycles. The smallest absolute Gasteiger partial charge is 0.373 e. The summed E-state index contributed by atoms with van der Waals surface area (Å²) in [6, 6.07) is 3.91. The van der Waals surface area contributed by atoms with Crippen molar-refractivity contribution in [3.05, 3.63) is 47.3 Å². The molecule has 0 spiro atoms. The number of alkyl halides is 6. The molecule has 1 atom stereocenters. The number of aliphatic hydroxyl groups excluding tert-OH is 1. The number of nitrogens with zero attached hydrogens (tertiary/aromatic N) is 2. The van der Waals surface area contributed by atoms with Crippen molar-refractivity contribution >= 4 is 9.84 Å². The molecule has 0 saturated heterocycles. The van der Waals surface area contributed by atoms with Crippen LogP contribution in [0.15, 0.2) is 35.2 Å². The van der Waals surface area contributed by atoms with Crippen LogP contribution in [0.5, 0.6) is 0 Å². The Morgan fingerprint density at radius 2 is 1.73 bits per heavy atom. The number of nitrogens with one attached hydrogen (secondary N) is 1. The fourth-order valence-electron chi connectivity index (χ4n) is 3.97. The Balaban J connectivity index is 1.70. The highest BCUT2D eigenvalue weighted by molar-refractivity contribution is 7.92. The molecule has 1 aromatic carbocycles. The van der Waals surface area contributed by atoms with E-state index >= 15 is 0 Å². The summed E-state index contributed by atoms with van der Waals surface area (Å²) in [4.78, 5) is -0.416. The first-order valence-corrected chi connectivity index (χ1v) is 11.5. The van der Waals surface area contributed by atoms with E-state index in [0.29, 0.717) is 6.07 Å². The molecule has 2 N–H and O–H groups in total. The van der Waals surface area contributed by atoms with Gasteiger partial charge in [-0.1, -0.05) is 6.07 Å². The van der Waals surface area contributed by atoms with Gasteiger partial charge in [-0.3, -0.25) is 10.00 Å². The Kier molecular flexibility index (Phi) is 6.63. The van der Waals surface area contributed by atoms with Gasteiger partial charge in [0.1, 0.15) is 6.23 Å². The Morgan fingerprint density at radius 1 is 1.12 bits per heavy atom. The largest absolute Gasteiger partial charge is 0.435 e. The molecule has 13 heteroatoms. The summed E-state index contributed by atoms with van der Waals surface area (Å²) >= 11 is 0. The fourth-order valence-corrected chi connectivity index (χ4v) is 5.85. The van der Waals surface area contributed by atoms with E-state index in [4.69, 9.17) is 0 Å². The maximum absolute atomic E-state index is 13.1. The third-order valence-electron chi connectivity index (χ3n) is 6.04. The highest BCUT2D eigenvalue weighted by atomic mass is 32.2. The van der Waals surface area contributed by atoms with Crippen LogP contribution in [0.1, 0.15) is 55.8 Å². The number of aryl methyl sites for hydroxylation is 1. The molecule has 33 heavy (non-hydrogen) atoms. The fraction of sp³-hybridized carbons (Fsp3) is 0.550. The van der Waals surface area contributed by atoms with Gasteiger partial charge in [0, 0.05) is 13.1 Å². The third kappa shape index (κ3) is 5.19. The molecule has 0 radical (unpaired) electrons. The quantitative estimate of drug-likeness (QED) is 0.476. The van der Waals surface area contributed by atoms with Crippen molar-refractivity contribution in [2.75, 3.05) is 0 Å². The summed E-state index contributed by atoms with van der Waals surface area (Å²) in [7, 11) is -2.84. The molecule has 3 rings (SSSR count). The predicted octanol–water partition coefficient (Wildman–Crippen LogP) is 4.21. The van der Waals surface area contributed by atoms with E-state index in [0.717, 1.165) is 28.9 Å². The summed E-state index contributed by atoms with van der Waals surface area (Å²) in [5.74, 6) is 0. The molecule has 1 heterocycles. The van der Waals surface area contributed by atoms with E-state index in [2.05, 4.69) is 10.4 Å². The minimum atomic E-state index is -4.68. The lowest BCUT2D eigenvalue weighted by atomic mass is 9.86. The maximum Gasteiger partial charge on any atom is 0.435 e. The first-order chi connectivity index (χ1) is 15.0. The number of hydrogen-bond acceptors (Lipinski definition) is 5. The maximum atomic E-state index is 13.1. The molecule has 0 amide bonds. The molecule has 1 aliphatic rings. The number of hydrogen-bond donors (Lipinski definition) is 2. The number of rotatable bonds is 5. The first-order valence-electron chi connectivity index (χ1n) is 10.0. The van der Waals surface area contributed by atoms with Crippen molar-refractivity contribution in [3.63, 3.8) is 0 Å². The standard InChI is InChI=1S/C20H23F6N3O3S/c1-18(33(31,32)14-5-3-4-12(10-14)19(21,22)23)8-6-13(7-9-18)27-17(30)15-11-16(20(24,25)26)28-29(15)2/h3-5,10-11,13,17,27,30H,6-9H2,1-2H3. The van der Waals surface area contributed by atoms with Crippen molar-refractivity contribution < 1.29 is 39.9 Å². The van der Waals surface area contributed by atoms with Gasteiger partial charge in [0.15, 0.2) is 15.5 Å². The molecule has 1 saturated carbocycles. The number of benzene rings is 1. The van der Waals surface area contributed by atoms with Gasteiger partial charge in [0.25, 0.3) is 0 Å². The monoisotopic (exact) mass is 499 g/mol. The van der Waals surface area contributed by atoms with Gasteiger partial charge in [0.05, 0.1) is 20.9 Å². The Morgan fingerprint density at radius 3 is 2.24 bits per heavy atom. The van der Waals surface area contributed by atoms with E-state index in [1.165, 1.54) is 14.0 Å². The van der Waals surface area contributed by atoms with Crippen LogP contribution in [0.3, 0.4) is 0 Å². The van der Waals surface area contributed by atoms with E-state index in [-0.39, 0.29) is 31.4 Å². The molecule has 0 aliphatic heterocycles. The van der Waals surface area contributed by atoms with Crippen LogP contribution >= 0.6 is 0 Å². The van der Waals surface area contributed by atoms with Gasteiger partial charge in [-0.05, 0) is 56.9 Å². The van der Waals surface area contributed by atoms with E-state index in [1.54, 1.807) is 0 Å². The molecule has 2 aromatic rings. The van der Waals surface area contributed by atoms with Gasteiger partial charge in [-0.2, -0.15) is 31.4 Å². The zero-order valence-electron chi connectivity index (χ0n) is 17.7. The zero-order chi connectivity index (χ0) is 24.8. The van der Waals surface area contributed by atoms with Crippen molar-refractivity contribution in [2.24, 2.45) is 7.05 Å². The van der Waals surface area contributed by atoms with Crippen molar-refractivity contribution in [3.8, 4) is 0 Å². The Bertz CT molecular complexity index is 1100. The van der Waals surface area contributed by atoms with Crippen molar-refractivity contribution in [2.45, 2.75) is 66.9 Å². The SMILES string of the molecule is Cn1nc(C(F)(F)F)cc1C(O)NC1CCC(C)(S(=O)(=O)c2cccc(C(F)(F)F)c2)CC1. The third-order valence-corrected chi connectivity index (χ3v) is 8.62. The number of halogens is 6. The molecular weight excluding hydrogens is 476 g/mol. The molecule has 184 valence electrons. The number of aromatic nitrogens is 2. The summed E-state index contributed by atoms with van der Waals surface area (Å²) < 4.78 is 103. The minimum absolute atomic E-state index is 0.0924. The molecule has 0 bridgehead atoms. The highest BCUT2D eigenvalue weighted by Gasteiger charge is 2.44. The van der Waals surface area contributed by atoms with Crippen LogP contribution in [0.25, 0.3) is 0 Å². The van der Waals surface area contributed by atoms with Gasteiger partial charge >= 0.3 is 12.4 Å². The average Bonchev–Trinajstić information content (AvgIpc) is 3.11. The molecule has 1 fully saturated rings. The summed E-state index contributed by atoms with van der Waals surface area (Å²) in [6.45, 7) is 1.46. The lowest BCUT2D eigenvalue weighted by molar-refractivity contribution is -0.141. The highest BCUT2D eigenvalue weighted by Crippen LogP contribution is 2.40. The average molecular weight is 499 g/mol. The molecule has 1 aromatic heterocycles. The number of sulfone groups is 1. The first kappa shape index (κ1) is 25.5. The Labute approximate surface area is 186 Å². The lowest BCUT2D eigenvalue weighted by Crippen LogP contribution is -2.45.